The number of benzene rings is 1. The minimum atomic E-state index is -4.37. The normalized spacial score (nSPS) is 23.6. The summed E-state index contributed by atoms with van der Waals surface area (Å²) in [7, 11) is 0. The Bertz CT molecular complexity index is 1070. The second kappa shape index (κ2) is 11.7. The zero-order valence-electron chi connectivity index (χ0n) is 20.8. The molecule has 6 nitrogen and oxygen atoms in total. The Morgan fingerprint density at radius 1 is 1.14 bits per heavy atom. The van der Waals surface area contributed by atoms with Crippen LogP contribution in [0.2, 0.25) is 0 Å². The molecule has 1 unspecified atom stereocenters. The highest BCUT2D eigenvalue weighted by atomic mass is 32.2. The van der Waals surface area contributed by atoms with Crippen molar-refractivity contribution in [2.24, 2.45) is 0 Å². The van der Waals surface area contributed by atoms with Crippen LogP contribution in [0.5, 0.6) is 0 Å². The largest absolute Gasteiger partial charge is 0.416 e. The Labute approximate surface area is 219 Å². The molecule has 0 saturated carbocycles. The maximum Gasteiger partial charge on any atom is 0.416 e. The average Bonchev–Trinajstić information content (AvgIpc) is 3.30. The van der Waals surface area contributed by atoms with Gasteiger partial charge in [0, 0.05) is 62.6 Å². The van der Waals surface area contributed by atoms with Crippen LogP contribution in [0.15, 0.2) is 42.6 Å². The van der Waals surface area contributed by atoms with Crippen molar-refractivity contribution < 1.29 is 22.7 Å². The van der Waals surface area contributed by atoms with E-state index in [1.54, 1.807) is 12.3 Å². The van der Waals surface area contributed by atoms with Gasteiger partial charge in [-0.2, -0.15) is 13.2 Å². The number of amides is 1. The SMILES string of the molecule is O=C(CN1CCc2ccc(C(F)(F)F)cc2C1)NC1CN(C2CCOCC2)C[C@@H]1SCc1ccccn1. The molecule has 3 aliphatic rings. The lowest BCUT2D eigenvalue weighted by Crippen LogP contribution is -2.47. The second-order valence-corrected chi connectivity index (χ2v) is 11.3. The number of hydrogen-bond donors (Lipinski definition) is 1. The molecule has 0 bridgehead atoms. The summed E-state index contributed by atoms with van der Waals surface area (Å²) < 4.78 is 45.1. The van der Waals surface area contributed by atoms with Crippen LogP contribution in [0.3, 0.4) is 0 Å². The third kappa shape index (κ3) is 6.85. The topological polar surface area (TPSA) is 57.7 Å². The minimum Gasteiger partial charge on any atom is -0.381 e. The molecule has 200 valence electrons. The molecule has 0 spiro atoms. The number of ether oxygens (including phenoxy) is 1. The van der Waals surface area contributed by atoms with Gasteiger partial charge in [0.25, 0.3) is 0 Å². The monoisotopic (exact) mass is 534 g/mol. The van der Waals surface area contributed by atoms with Gasteiger partial charge in [0.2, 0.25) is 5.91 Å². The molecule has 0 radical (unpaired) electrons. The molecule has 4 heterocycles. The predicted molar refractivity (Wildman–Crippen MR) is 137 cm³/mol. The van der Waals surface area contributed by atoms with Gasteiger partial charge >= 0.3 is 6.18 Å². The lowest BCUT2D eigenvalue weighted by molar-refractivity contribution is -0.137. The van der Waals surface area contributed by atoms with Gasteiger partial charge in [-0.1, -0.05) is 12.1 Å². The van der Waals surface area contributed by atoms with Crippen molar-refractivity contribution in [3.05, 3.63) is 65.0 Å². The second-order valence-electron chi connectivity index (χ2n) is 10.1. The number of fused-ring (bicyclic) bond motifs is 1. The summed E-state index contributed by atoms with van der Waals surface area (Å²) in [6.07, 6.45) is 0.0864. The van der Waals surface area contributed by atoms with Crippen LogP contribution < -0.4 is 5.32 Å². The van der Waals surface area contributed by atoms with E-state index >= 15 is 0 Å². The van der Waals surface area contributed by atoms with Crippen LogP contribution in [0.25, 0.3) is 0 Å². The van der Waals surface area contributed by atoms with E-state index < -0.39 is 11.7 Å². The Balaban J connectivity index is 1.20. The van der Waals surface area contributed by atoms with E-state index in [9.17, 15) is 18.0 Å². The fourth-order valence-corrected chi connectivity index (χ4v) is 6.76. The summed E-state index contributed by atoms with van der Waals surface area (Å²) in [5.41, 5.74) is 1.97. The van der Waals surface area contributed by atoms with Crippen LogP contribution in [0, 0.1) is 0 Å². The van der Waals surface area contributed by atoms with Crippen molar-refractivity contribution in [2.75, 3.05) is 39.4 Å². The average molecular weight is 535 g/mol. The number of hydrogen-bond acceptors (Lipinski definition) is 6. The number of nitrogens with one attached hydrogen (secondary N) is 1. The molecular weight excluding hydrogens is 501 g/mol. The minimum absolute atomic E-state index is 0.0120. The van der Waals surface area contributed by atoms with Gasteiger partial charge in [0.15, 0.2) is 0 Å². The van der Waals surface area contributed by atoms with Crippen molar-refractivity contribution in [3.8, 4) is 0 Å². The van der Waals surface area contributed by atoms with Crippen LogP contribution in [0.4, 0.5) is 13.2 Å². The van der Waals surface area contributed by atoms with Gasteiger partial charge in [-0.3, -0.25) is 19.6 Å². The molecule has 2 aromatic rings. The van der Waals surface area contributed by atoms with E-state index in [1.807, 2.05) is 34.9 Å². The first-order valence-corrected chi connectivity index (χ1v) is 13.9. The Hall–Kier alpha value is -2.14. The Morgan fingerprint density at radius 2 is 1.97 bits per heavy atom. The van der Waals surface area contributed by atoms with Crippen molar-refractivity contribution in [1.82, 2.24) is 20.1 Å². The van der Waals surface area contributed by atoms with Gasteiger partial charge in [-0.05, 0) is 54.7 Å². The summed E-state index contributed by atoms with van der Waals surface area (Å²) >= 11 is 1.83. The van der Waals surface area contributed by atoms with Gasteiger partial charge in [0.05, 0.1) is 23.8 Å². The summed E-state index contributed by atoms with van der Waals surface area (Å²) in [6.45, 7) is 4.44. The Kier molecular flexibility index (Phi) is 8.38. The molecule has 2 fully saturated rings. The fourth-order valence-electron chi connectivity index (χ4n) is 5.52. The van der Waals surface area contributed by atoms with Crippen molar-refractivity contribution in [2.45, 2.75) is 55.1 Å². The number of aromatic nitrogens is 1. The summed E-state index contributed by atoms with van der Waals surface area (Å²) in [5, 5.41) is 3.51. The standard InChI is InChI=1S/C27H33F3N4O2S/c28-27(29,30)21-5-4-19-6-10-33(14-20(19)13-21)17-26(35)32-24-15-34(23-7-11-36-12-8-23)16-25(24)37-18-22-3-1-2-9-31-22/h1-5,9,13,23-25H,6-8,10-12,14-18H2,(H,32,35)/t24?,25-/m0/s1. The van der Waals surface area contributed by atoms with Gasteiger partial charge in [-0.15, -0.1) is 11.8 Å². The summed E-state index contributed by atoms with van der Waals surface area (Å²) in [5.74, 6) is 0.710. The first-order chi connectivity index (χ1) is 17.8. The van der Waals surface area contributed by atoms with Crippen LogP contribution in [-0.4, -0.2) is 77.4 Å². The maximum atomic E-state index is 13.2. The first kappa shape index (κ1) is 26.5. The molecule has 1 aromatic heterocycles. The number of alkyl halides is 3. The molecule has 2 atom stereocenters. The molecule has 5 rings (SSSR count). The number of pyridine rings is 1. The highest BCUT2D eigenvalue weighted by Crippen LogP contribution is 2.32. The fraction of sp³-hybridized carbons (Fsp3) is 0.556. The molecule has 0 aliphatic carbocycles. The van der Waals surface area contributed by atoms with E-state index in [0.717, 1.165) is 62.2 Å². The predicted octanol–water partition coefficient (Wildman–Crippen LogP) is 3.74. The quantitative estimate of drug-likeness (QED) is 0.584. The molecule has 1 aromatic carbocycles. The molecule has 37 heavy (non-hydrogen) atoms. The number of halogens is 3. The van der Waals surface area contributed by atoms with Gasteiger partial charge < -0.3 is 10.1 Å². The molecule has 1 N–H and O–H groups in total. The molecule has 10 heteroatoms. The van der Waals surface area contributed by atoms with Gasteiger partial charge in [-0.25, -0.2) is 0 Å². The number of rotatable bonds is 7. The third-order valence-corrected chi connectivity index (χ3v) is 8.88. The lowest BCUT2D eigenvalue weighted by Gasteiger charge is -2.31. The van der Waals surface area contributed by atoms with E-state index in [-0.39, 0.29) is 23.7 Å². The highest BCUT2D eigenvalue weighted by Gasteiger charge is 2.38. The zero-order valence-corrected chi connectivity index (χ0v) is 21.6. The Morgan fingerprint density at radius 3 is 2.73 bits per heavy atom. The van der Waals surface area contributed by atoms with Crippen LogP contribution in [0.1, 0.15) is 35.2 Å². The van der Waals surface area contributed by atoms with Crippen molar-refractivity contribution >= 4 is 17.7 Å². The van der Waals surface area contributed by atoms with E-state index in [1.165, 1.54) is 6.07 Å². The van der Waals surface area contributed by atoms with Crippen LogP contribution in [-0.2, 0) is 34.4 Å². The first-order valence-electron chi connectivity index (χ1n) is 12.9. The van der Waals surface area contributed by atoms with E-state index in [0.29, 0.717) is 31.1 Å². The van der Waals surface area contributed by atoms with E-state index in [4.69, 9.17) is 4.74 Å². The van der Waals surface area contributed by atoms with Crippen molar-refractivity contribution in [1.29, 1.82) is 0 Å². The highest BCUT2D eigenvalue weighted by molar-refractivity contribution is 7.99. The lowest BCUT2D eigenvalue weighted by atomic mass is 9.97. The molecule has 3 aliphatic heterocycles. The molecular formula is C27H33F3N4O2S. The van der Waals surface area contributed by atoms with Gasteiger partial charge in [0.1, 0.15) is 0 Å². The van der Waals surface area contributed by atoms with Crippen LogP contribution >= 0.6 is 11.8 Å². The summed E-state index contributed by atoms with van der Waals surface area (Å²) in [4.78, 5) is 22.0. The molecule has 2 saturated heterocycles. The van der Waals surface area contributed by atoms with E-state index in [2.05, 4.69) is 15.2 Å². The smallest absolute Gasteiger partial charge is 0.381 e. The molecule has 1 amide bonds. The number of carbonyl (C=O) groups excluding carboxylic acids is 1. The zero-order chi connectivity index (χ0) is 25.8. The number of carbonyl (C=O) groups is 1. The third-order valence-electron chi connectivity index (χ3n) is 7.51. The number of thioether (sulfide) groups is 1. The summed E-state index contributed by atoms with van der Waals surface area (Å²) in [6, 6.07) is 10.3. The van der Waals surface area contributed by atoms with Crippen molar-refractivity contribution in [3.63, 3.8) is 0 Å². The maximum absolute atomic E-state index is 13.2. The number of nitrogens with zero attached hydrogens (tertiary/aromatic N) is 3. The number of likely N-dealkylation sites (tertiary alicyclic amines) is 1.